The third kappa shape index (κ3) is 4.07. The van der Waals surface area contributed by atoms with E-state index < -0.39 is 17.8 Å². The molecule has 1 saturated heterocycles. The van der Waals surface area contributed by atoms with Crippen LogP contribution in [0.5, 0.6) is 0 Å². The van der Waals surface area contributed by atoms with Gasteiger partial charge in [-0.3, -0.25) is 19.8 Å². The molecule has 1 N–H and O–H groups in total. The van der Waals surface area contributed by atoms with Crippen molar-refractivity contribution in [3.8, 4) is 5.69 Å². The minimum absolute atomic E-state index is 0.0178. The average Bonchev–Trinajstić information content (AvgIpc) is 3.01. The van der Waals surface area contributed by atoms with Gasteiger partial charge in [-0.25, -0.2) is 4.79 Å². The van der Waals surface area contributed by atoms with Crippen LogP contribution in [0.1, 0.15) is 54.6 Å². The van der Waals surface area contributed by atoms with Crippen LogP contribution < -0.4 is 5.32 Å². The Bertz CT molecular complexity index is 1110. The lowest BCUT2D eigenvalue weighted by molar-refractivity contribution is -0.132. The number of aromatic nitrogens is 1. The van der Waals surface area contributed by atoms with Crippen molar-refractivity contribution in [2.45, 2.75) is 58.9 Å². The van der Waals surface area contributed by atoms with E-state index in [4.69, 9.17) is 0 Å². The molecule has 0 atom stereocenters. The van der Waals surface area contributed by atoms with E-state index in [0.29, 0.717) is 0 Å². The second-order valence-electron chi connectivity index (χ2n) is 8.38. The number of hydrogen-bond acceptors (Lipinski definition) is 3. The van der Waals surface area contributed by atoms with Crippen molar-refractivity contribution in [1.82, 2.24) is 14.8 Å². The van der Waals surface area contributed by atoms with Crippen molar-refractivity contribution >= 4 is 46.5 Å². The molecule has 0 unspecified atom stereocenters. The molecule has 1 saturated carbocycles. The first-order chi connectivity index (χ1) is 14.8. The zero-order valence-corrected chi connectivity index (χ0v) is 20.2. The maximum Gasteiger partial charge on any atom is 0.331 e. The summed E-state index contributed by atoms with van der Waals surface area (Å²) < 4.78 is 3.31. The van der Waals surface area contributed by atoms with Crippen molar-refractivity contribution in [3.63, 3.8) is 0 Å². The molecule has 6 nitrogen and oxygen atoms in total. The van der Waals surface area contributed by atoms with Crippen LogP contribution in [0.2, 0.25) is 0 Å². The first kappa shape index (κ1) is 21.8. The standard InChI is InChI=1S/C24H26IN3O3/c1-14-11-19(9-10-21(14)25)27-15(2)12-17(16(27)3)13-20-22(29)26-24(31)28(23(20)30)18-7-5-4-6-8-18/h9-13,18H,4-8H2,1-3H3,(H,26,29,31). The van der Waals surface area contributed by atoms with Crippen LogP contribution in [0.3, 0.4) is 0 Å². The number of carbonyl (C=O) groups is 3. The van der Waals surface area contributed by atoms with Gasteiger partial charge in [-0.15, -0.1) is 0 Å². The van der Waals surface area contributed by atoms with Crippen LogP contribution in [-0.4, -0.2) is 33.4 Å². The Morgan fingerprint density at radius 3 is 2.42 bits per heavy atom. The van der Waals surface area contributed by atoms with E-state index >= 15 is 0 Å². The summed E-state index contributed by atoms with van der Waals surface area (Å²) in [5, 5.41) is 2.36. The van der Waals surface area contributed by atoms with Crippen molar-refractivity contribution < 1.29 is 14.4 Å². The van der Waals surface area contributed by atoms with E-state index in [-0.39, 0.29) is 11.6 Å². The molecular formula is C24H26IN3O3. The number of barbiturate groups is 1. The maximum absolute atomic E-state index is 13.2. The fourth-order valence-corrected chi connectivity index (χ4v) is 4.93. The fourth-order valence-electron chi connectivity index (χ4n) is 4.60. The molecule has 2 fully saturated rings. The number of urea groups is 1. The third-order valence-electron chi connectivity index (χ3n) is 6.24. The van der Waals surface area contributed by atoms with Gasteiger partial charge in [0.2, 0.25) is 0 Å². The molecule has 31 heavy (non-hydrogen) atoms. The highest BCUT2D eigenvalue weighted by Gasteiger charge is 2.40. The van der Waals surface area contributed by atoms with Gasteiger partial charge >= 0.3 is 6.03 Å². The van der Waals surface area contributed by atoms with Crippen LogP contribution in [-0.2, 0) is 9.59 Å². The SMILES string of the molecule is Cc1cc(-n2c(C)cc(C=C3C(=O)NC(=O)N(C4CCCCC4)C3=O)c2C)ccc1I. The van der Waals surface area contributed by atoms with Crippen LogP contribution in [0, 0.1) is 24.3 Å². The highest BCUT2D eigenvalue weighted by atomic mass is 127. The lowest BCUT2D eigenvalue weighted by Gasteiger charge is -2.35. The highest BCUT2D eigenvalue weighted by Crippen LogP contribution is 2.28. The first-order valence-electron chi connectivity index (χ1n) is 10.6. The molecule has 4 rings (SSSR count). The lowest BCUT2D eigenvalue weighted by Crippen LogP contribution is -2.58. The number of halogens is 1. The topological polar surface area (TPSA) is 71.4 Å². The fraction of sp³-hybridized carbons (Fsp3) is 0.375. The molecule has 162 valence electrons. The zero-order valence-electron chi connectivity index (χ0n) is 18.0. The summed E-state index contributed by atoms with van der Waals surface area (Å²) in [4.78, 5) is 39.4. The Labute approximate surface area is 195 Å². The highest BCUT2D eigenvalue weighted by molar-refractivity contribution is 14.1. The molecule has 1 aromatic carbocycles. The van der Waals surface area contributed by atoms with Crippen molar-refractivity contribution in [3.05, 3.63) is 55.9 Å². The predicted octanol–water partition coefficient (Wildman–Crippen LogP) is 4.80. The molecule has 1 aliphatic heterocycles. The van der Waals surface area contributed by atoms with Gasteiger partial charge in [0.1, 0.15) is 5.57 Å². The number of amides is 4. The third-order valence-corrected chi connectivity index (χ3v) is 7.45. The van der Waals surface area contributed by atoms with E-state index in [9.17, 15) is 14.4 Å². The molecule has 0 bridgehead atoms. The molecule has 2 heterocycles. The molecule has 0 radical (unpaired) electrons. The Balaban J connectivity index is 1.71. The van der Waals surface area contributed by atoms with Gasteiger partial charge in [0.15, 0.2) is 0 Å². The van der Waals surface area contributed by atoms with E-state index in [2.05, 4.69) is 57.6 Å². The van der Waals surface area contributed by atoms with Crippen LogP contribution >= 0.6 is 22.6 Å². The number of imide groups is 2. The van der Waals surface area contributed by atoms with Gasteiger partial charge in [0.05, 0.1) is 0 Å². The van der Waals surface area contributed by atoms with Gasteiger partial charge in [-0.05, 0) is 97.7 Å². The number of rotatable bonds is 3. The van der Waals surface area contributed by atoms with Crippen LogP contribution in [0.4, 0.5) is 4.79 Å². The molecule has 4 amide bonds. The number of nitrogens with one attached hydrogen (secondary N) is 1. The molecule has 2 aliphatic rings. The number of hydrogen-bond donors (Lipinski definition) is 1. The zero-order chi connectivity index (χ0) is 22.3. The number of benzene rings is 1. The summed E-state index contributed by atoms with van der Waals surface area (Å²) in [6.45, 7) is 6.05. The summed E-state index contributed by atoms with van der Waals surface area (Å²) in [5.41, 5.74) is 4.99. The van der Waals surface area contributed by atoms with Gasteiger partial charge in [-0.1, -0.05) is 19.3 Å². The smallest absolute Gasteiger partial charge is 0.318 e. The molecular weight excluding hydrogens is 505 g/mol. The Hall–Kier alpha value is -2.42. The second-order valence-corrected chi connectivity index (χ2v) is 9.54. The minimum atomic E-state index is -0.628. The molecule has 7 heteroatoms. The molecule has 1 aliphatic carbocycles. The normalized spacial score (nSPS) is 19.3. The quantitative estimate of drug-likeness (QED) is 0.352. The lowest BCUT2D eigenvalue weighted by atomic mass is 9.93. The summed E-state index contributed by atoms with van der Waals surface area (Å²) in [7, 11) is 0. The van der Waals surface area contributed by atoms with Crippen LogP contribution in [0.15, 0.2) is 29.8 Å². The van der Waals surface area contributed by atoms with E-state index in [1.165, 1.54) is 14.0 Å². The summed E-state index contributed by atoms with van der Waals surface area (Å²) in [6, 6.07) is 7.50. The van der Waals surface area contributed by atoms with Gasteiger partial charge < -0.3 is 4.57 Å². The largest absolute Gasteiger partial charge is 0.331 e. The Morgan fingerprint density at radius 1 is 1.03 bits per heavy atom. The Morgan fingerprint density at radius 2 is 1.74 bits per heavy atom. The van der Waals surface area contributed by atoms with Crippen molar-refractivity contribution in [2.24, 2.45) is 0 Å². The van der Waals surface area contributed by atoms with Crippen LogP contribution in [0.25, 0.3) is 11.8 Å². The number of carbonyl (C=O) groups excluding carboxylic acids is 3. The number of nitrogens with zero attached hydrogens (tertiary/aromatic N) is 2. The molecule has 0 spiro atoms. The van der Waals surface area contributed by atoms with E-state index in [1.807, 2.05) is 19.9 Å². The second kappa shape index (κ2) is 8.61. The number of aryl methyl sites for hydroxylation is 2. The summed E-state index contributed by atoms with van der Waals surface area (Å²) in [5.74, 6) is -1.12. The average molecular weight is 531 g/mol. The van der Waals surface area contributed by atoms with Gasteiger partial charge in [-0.2, -0.15) is 0 Å². The Kier molecular flexibility index (Phi) is 6.05. The maximum atomic E-state index is 13.2. The monoisotopic (exact) mass is 531 g/mol. The van der Waals surface area contributed by atoms with Crippen molar-refractivity contribution in [1.29, 1.82) is 0 Å². The van der Waals surface area contributed by atoms with E-state index in [0.717, 1.165) is 54.7 Å². The summed E-state index contributed by atoms with van der Waals surface area (Å²) in [6.07, 6.45) is 6.31. The van der Waals surface area contributed by atoms with E-state index in [1.54, 1.807) is 6.08 Å². The van der Waals surface area contributed by atoms with Gasteiger partial charge in [0.25, 0.3) is 11.8 Å². The van der Waals surface area contributed by atoms with Crippen molar-refractivity contribution in [2.75, 3.05) is 0 Å². The van der Waals surface area contributed by atoms with Gasteiger partial charge in [0, 0.05) is 26.7 Å². The molecule has 1 aromatic heterocycles. The molecule has 2 aromatic rings. The summed E-state index contributed by atoms with van der Waals surface area (Å²) >= 11 is 2.31. The minimum Gasteiger partial charge on any atom is -0.318 e. The predicted molar refractivity (Wildman–Crippen MR) is 128 cm³/mol. The first-order valence-corrected chi connectivity index (χ1v) is 11.7.